The van der Waals surface area contributed by atoms with Crippen LogP contribution in [0.3, 0.4) is 0 Å². The molecule has 7 nitrogen and oxygen atoms in total. The minimum atomic E-state index is -0.136. The smallest absolute Gasteiger partial charge is 0.271 e. The summed E-state index contributed by atoms with van der Waals surface area (Å²) in [4.78, 5) is 23.7. The van der Waals surface area contributed by atoms with E-state index in [0.29, 0.717) is 24.9 Å². The van der Waals surface area contributed by atoms with Gasteiger partial charge in [0.2, 0.25) is 5.95 Å². The van der Waals surface area contributed by atoms with Crippen LogP contribution in [0.4, 0.5) is 5.95 Å². The first-order valence-corrected chi connectivity index (χ1v) is 9.16. The van der Waals surface area contributed by atoms with Gasteiger partial charge in [0.25, 0.3) is 5.56 Å². The van der Waals surface area contributed by atoms with E-state index < -0.39 is 0 Å². The van der Waals surface area contributed by atoms with Crippen molar-refractivity contribution in [1.29, 1.82) is 0 Å². The van der Waals surface area contributed by atoms with E-state index in [1.807, 2.05) is 31.2 Å². The van der Waals surface area contributed by atoms with E-state index in [1.165, 1.54) is 4.68 Å². The number of hydrogen-bond donors (Lipinski definition) is 1. The van der Waals surface area contributed by atoms with Gasteiger partial charge in [-0.3, -0.25) is 9.89 Å². The first-order valence-electron chi connectivity index (χ1n) is 8.37. The molecule has 0 unspecified atom stereocenters. The standard InChI is InChI=1S/C18H18BrN5O2/c1-12-13(11-20-18(21-12)23-6-8-26-9-7-23)15-10-17(25)24(22-15)16-5-3-2-4-14(16)19/h2-5,10-11,22H,6-9H2,1H3. The Labute approximate surface area is 158 Å². The molecular weight excluding hydrogens is 398 g/mol. The lowest BCUT2D eigenvalue weighted by atomic mass is 10.2. The molecule has 0 saturated carbocycles. The van der Waals surface area contributed by atoms with Gasteiger partial charge in [0.05, 0.1) is 30.3 Å². The van der Waals surface area contributed by atoms with Crippen LogP contribution in [0.5, 0.6) is 0 Å². The van der Waals surface area contributed by atoms with Crippen molar-refractivity contribution in [3.63, 3.8) is 0 Å². The maximum absolute atomic E-state index is 12.4. The number of aromatic amines is 1. The zero-order valence-electron chi connectivity index (χ0n) is 14.3. The fourth-order valence-corrected chi connectivity index (χ4v) is 3.44. The lowest BCUT2D eigenvalue weighted by Crippen LogP contribution is -2.37. The first kappa shape index (κ1) is 17.0. The van der Waals surface area contributed by atoms with Gasteiger partial charge in [0, 0.05) is 35.4 Å². The van der Waals surface area contributed by atoms with Crippen LogP contribution in [-0.2, 0) is 4.74 Å². The summed E-state index contributed by atoms with van der Waals surface area (Å²) in [7, 11) is 0. The van der Waals surface area contributed by atoms with Gasteiger partial charge in [-0.25, -0.2) is 14.6 Å². The van der Waals surface area contributed by atoms with Crippen LogP contribution < -0.4 is 10.5 Å². The second kappa shape index (κ2) is 7.05. The van der Waals surface area contributed by atoms with E-state index in [9.17, 15) is 4.79 Å². The molecule has 1 N–H and O–H groups in total. The van der Waals surface area contributed by atoms with Gasteiger partial charge in [0.15, 0.2) is 0 Å². The summed E-state index contributed by atoms with van der Waals surface area (Å²) in [6, 6.07) is 9.13. The van der Waals surface area contributed by atoms with Crippen molar-refractivity contribution in [3.05, 3.63) is 57.0 Å². The topological polar surface area (TPSA) is 76.0 Å². The predicted octanol–water partition coefficient (Wildman–Crippen LogP) is 2.53. The number of nitrogens with zero attached hydrogens (tertiary/aromatic N) is 4. The van der Waals surface area contributed by atoms with E-state index >= 15 is 0 Å². The summed E-state index contributed by atoms with van der Waals surface area (Å²) in [6.07, 6.45) is 1.77. The summed E-state index contributed by atoms with van der Waals surface area (Å²) in [5.74, 6) is 0.696. The van der Waals surface area contributed by atoms with Crippen molar-refractivity contribution < 1.29 is 4.74 Å². The molecule has 26 heavy (non-hydrogen) atoms. The second-order valence-corrected chi connectivity index (χ2v) is 6.92. The molecule has 134 valence electrons. The Morgan fingerprint density at radius 3 is 2.73 bits per heavy atom. The van der Waals surface area contributed by atoms with Crippen LogP contribution in [0.2, 0.25) is 0 Å². The van der Waals surface area contributed by atoms with Crippen molar-refractivity contribution in [2.45, 2.75) is 6.92 Å². The van der Waals surface area contributed by atoms with Crippen LogP contribution >= 0.6 is 15.9 Å². The van der Waals surface area contributed by atoms with E-state index in [0.717, 1.165) is 34.5 Å². The number of ether oxygens (including phenoxy) is 1. The molecule has 2 aromatic heterocycles. The van der Waals surface area contributed by atoms with E-state index in [-0.39, 0.29) is 5.56 Å². The van der Waals surface area contributed by atoms with Crippen LogP contribution in [0, 0.1) is 6.92 Å². The second-order valence-electron chi connectivity index (χ2n) is 6.06. The highest BCUT2D eigenvalue weighted by atomic mass is 79.9. The lowest BCUT2D eigenvalue weighted by Gasteiger charge is -2.27. The summed E-state index contributed by atoms with van der Waals surface area (Å²) in [5, 5.41) is 3.16. The van der Waals surface area contributed by atoms with Gasteiger partial charge >= 0.3 is 0 Å². The fourth-order valence-electron chi connectivity index (χ4n) is 2.98. The maximum atomic E-state index is 12.4. The number of para-hydroxylation sites is 1. The number of H-pyrrole nitrogens is 1. The summed E-state index contributed by atoms with van der Waals surface area (Å²) < 4.78 is 7.72. The Hall–Kier alpha value is -2.45. The van der Waals surface area contributed by atoms with Gasteiger partial charge in [-0.05, 0) is 35.0 Å². The number of aromatic nitrogens is 4. The quantitative estimate of drug-likeness (QED) is 0.710. The molecule has 0 spiro atoms. The molecule has 0 bridgehead atoms. The molecule has 1 aliphatic heterocycles. The Balaban J connectivity index is 1.69. The number of benzene rings is 1. The maximum Gasteiger partial charge on any atom is 0.271 e. The number of rotatable bonds is 3. The monoisotopic (exact) mass is 415 g/mol. The summed E-state index contributed by atoms with van der Waals surface area (Å²) in [6.45, 7) is 4.87. The molecule has 3 heterocycles. The highest BCUT2D eigenvalue weighted by Crippen LogP contribution is 2.23. The minimum absolute atomic E-state index is 0.136. The number of anilines is 1. The number of morpholine rings is 1. The van der Waals surface area contributed by atoms with Gasteiger partial charge in [-0.15, -0.1) is 0 Å². The Morgan fingerprint density at radius 2 is 2.00 bits per heavy atom. The molecule has 1 saturated heterocycles. The van der Waals surface area contributed by atoms with Gasteiger partial charge in [-0.1, -0.05) is 12.1 Å². The molecule has 8 heteroatoms. The van der Waals surface area contributed by atoms with Crippen LogP contribution in [0.1, 0.15) is 5.69 Å². The third kappa shape index (κ3) is 3.17. The average molecular weight is 416 g/mol. The highest BCUT2D eigenvalue weighted by Gasteiger charge is 2.17. The first-order chi connectivity index (χ1) is 12.6. The number of hydrogen-bond acceptors (Lipinski definition) is 5. The Morgan fingerprint density at radius 1 is 1.23 bits per heavy atom. The lowest BCUT2D eigenvalue weighted by molar-refractivity contribution is 0.122. The summed E-state index contributed by atoms with van der Waals surface area (Å²) in [5.41, 5.74) is 2.94. The van der Waals surface area contributed by atoms with Crippen molar-refractivity contribution >= 4 is 21.9 Å². The normalized spacial score (nSPS) is 14.6. The van der Waals surface area contributed by atoms with Crippen molar-refractivity contribution in [2.75, 3.05) is 31.2 Å². The predicted molar refractivity (Wildman–Crippen MR) is 103 cm³/mol. The van der Waals surface area contributed by atoms with E-state index in [2.05, 4.69) is 35.9 Å². The largest absolute Gasteiger partial charge is 0.378 e. The molecule has 1 fully saturated rings. The molecule has 1 aromatic carbocycles. The molecule has 1 aliphatic rings. The third-order valence-electron chi connectivity index (χ3n) is 4.36. The van der Waals surface area contributed by atoms with Crippen molar-refractivity contribution in [1.82, 2.24) is 19.7 Å². The third-order valence-corrected chi connectivity index (χ3v) is 5.04. The zero-order chi connectivity index (χ0) is 18.1. The average Bonchev–Trinajstić information content (AvgIpc) is 3.04. The SMILES string of the molecule is Cc1nc(N2CCOCC2)ncc1-c1cc(=O)n(-c2ccccc2Br)[nH]1. The Kier molecular flexibility index (Phi) is 4.60. The fraction of sp³-hybridized carbons (Fsp3) is 0.278. The molecular formula is C18H18BrN5O2. The number of halogens is 1. The molecule has 0 atom stereocenters. The molecule has 3 aromatic rings. The molecule has 0 aliphatic carbocycles. The molecule has 4 rings (SSSR count). The van der Waals surface area contributed by atoms with Gasteiger partial charge in [-0.2, -0.15) is 0 Å². The van der Waals surface area contributed by atoms with Crippen LogP contribution in [0.25, 0.3) is 16.9 Å². The molecule has 0 amide bonds. The summed E-state index contributed by atoms with van der Waals surface area (Å²) >= 11 is 3.48. The van der Waals surface area contributed by atoms with E-state index in [1.54, 1.807) is 12.3 Å². The van der Waals surface area contributed by atoms with E-state index in [4.69, 9.17) is 4.74 Å². The van der Waals surface area contributed by atoms with Crippen molar-refractivity contribution in [3.8, 4) is 16.9 Å². The van der Waals surface area contributed by atoms with Crippen LogP contribution in [-0.4, -0.2) is 46.1 Å². The van der Waals surface area contributed by atoms with Crippen molar-refractivity contribution in [2.24, 2.45) is 0 Å². The molecule has 0 radical (unpaired) electrons. The van der Waals surface area contributed by atoms with Crippen LogP contribution in [0.15, 0.2) is 45.8 Å². The number of nitrogens with one attached hydrogen (secondary N) is 1. The van der Waals surface area contributed by atoms with Gasteiger partial charge < -0.3 is 9.64 Å². The van der Waals surface area contributed by atoms with Gasteiger partial charge in [0.1, 0.15) is 0 Å². The Bertz CT molecular complexity index is 991. The zero-order valence-corrected chi connectivity index (χ0v) is 15.9. The highest BCUT2D eigenvalue weighted by molar-refractivity contribution is 9.10. The minimum Gasteiger partial charge on any atom is -0.378 e. The number of aryl methyl sites for hydroxylation is 1.